The van der Waals surface area contributed by atoms with Crippen LogP contribution in [0, 0.1) is 0 Å². The molecule has 5 rings (SSSR count). The SMILES string of the molecule is Cl.O=C(NC1CC2CCC(C1)N2)c1ccc2c(c1)C(=O)N(C1CCCCC1)C2=O. The number of benzene rings is 1. The van der Waals surface area contributed by atoms with Gasteiger partial charge in [0, 0.05) is 29.7 Å². The highest BCUT2D eigenvalue weighted by Gasteiger charge is 2.41. The summed E-state index contributed by atoms with van der Waals surface area (Å²) in [6.07, 6.45) is 9.34. The van der Waals surface area contributed by atoms with Gasteiger partial charge in [-0.25, -0.2) is 0 Å². The second-order valence-corrected chi connectivity index (χ2v) is 8.81. The van der Waals surface area contributed by atoms with Gasteiger partial charge in [0.05, 0.1) is 11.1 Å². The second-order valence-electron chi connectivity index (χ2n) is 8.81. The van der Waals surface area contributed by atoms with E-state index in [-0.39, 0.29) is 42.2 Å². The number of fused-ring (bicyclic) bond motifs is 3. The second kappa shape index (κ2) is 8.07. The standard InChI is InChI=1S/C22H27N3O3.ClH/c26-20(24-16-11-14-7-8-15(12-16)23-14)13-6-9-18-19(10-13)22(28)25(21(18)27)17-4-2-1-3-5-17;/h6,9-10,14-17,23H,1-5,7-8,11-12H2,(H,24,26);1H. The number of hydrogen-bond acceptors (Lipinski definition) is 4. The van der Waals surface area contributed by atoms with Gasteiger partial charge in [0.1, 0.15) is 0 Å². The number of nitrogens with one attached hydrogen (secondary N) is 2. The fourth-order valence-corrected chi connectivity index (χ4v) is 5.52. The zero-order valence-electron chi connectivity index (χ0n) is 16.5. The molecule has 4 aliphatic rings. The zero-order chi connectivity index (χ0) is 19.3. The fraction of sp³-hybridized carbons (Fsp3) is 0.591. The number of halogens is 1. The molecule has 0 spiro atoms. The maximum Gasteiger partial charge on any atom is 0.261 e. The van der Waals surface area contributed by atoms with Crippen LogP contribution >= 0.6 is 12.4 Å². The number of amides is 3. The molecule has 2 N–H and O–H groups in total. The summed E-state index contributed by atoms with van der Waals surface area (Å²) in [5, 5.41) is 6.71. The van der Waals surface area contributed by atoms with Crippen LogP contribution in [0.3, 0.4) is 0 Å². The average Bonchev–Trinajstić information content (AvgIpc) is 3.18. The van der Waals surface area contributed by atoms with Gasteiger partial charge in [-0.15, -0.1) is 12.4 Å². The lowest BCUT2D eigenvalue weighted by Gasteiger charge is -2.29. The highest BCUT2D eigenvalue weighted by molar-refractivity contribution is 6.22. The predicted molar refractivity (Wildman–Crippen MR) is 111 cm³/mol. The van der Waals surface area contributed by atoms with E-state index in [2.05, 4.69) is 10.6 Å². The Kier molecular flexibility index (Phi) is 5.67. The van der Waals surface area contributed by atoms with Crippen LogP contribution in [0.1, 0.15) is 88.9 Å². The van der Waals surface area contributed by atoms with Crippen molar-refractivity contribution >= 4 is 30.1 Å². The molecule has 156 valence electrons. The molecule has 3 fully saturated rings. The summed E-state index contributed by atoms with van der Waals surface area (Å²) in [5.74, 6) is -0.583. The number of rotatable bonds is 3. The smallest absolute Gasteiger partial charge is 0.261 e. The van der Waals surface area contributed by atoms with Crippen LogP contribution in [-0.2, 0) is 0 Å². The summed E-state index contributed by atoms with van der Waals surface area (Å²) in [4.78, 5) is 39.9. The Morgan fingerprint density at radius 3 is 2.28 bits per heavy atom. The molecule has 1 aromatic rings. The maximum absolute atomic E-state index is 12.9. The molecule has 3 heterocycles. The van der Waals surface area contributed by atoms with E-state index in [0.29, 0.717) is 28.8 Å². The Labute approximate surface area is 177 Å². The maximum atomic E-state index is 12.9. The first-order valence-electron chi connectivity index (χ1n) is 10.7. The molecule has 2 bridgehead atoms. The van der Waals surface area contributed by atoms with Gasteiger partial charge in [-0.05, 0) is 56.7 Å². The number of carbonyl (C=O) groups is 3. The van der Waals surface area contributed by atoms with E-state index in [1.165, 1.54) is 24.2 Å². The molecule has 0 aromatic heterocycles. The van der Waals surface area contributed by atoms with Crippen LogP contribution in [0.5, 0.6) is 0 Å². The molecule has 3 amide bonds. The van der Waals surface area contributed by atoms with Gasteiger partial charge >= 0.3 is 0 Å². The van der Waals surface area contributed by atoms with Crippen LogP contribution in [0.4, 0.5) is 0 Å². The molecule has 1 saturated carbocycles. The van der Waals surface area contributed by atoms with Gasteiger partial charge in [0.15, 0.2) is 0 Å². The van der Waals surface area contributed by atoms with Crippen molar-refractivity contribution in [3.8, 4) is 0 Å². The van der Waals surface area contributed by atoms with E-state index < -0.39 is 0 Å². The van der Waals surface area contributed by atoms with E-state index in [4.69, 9.17) is 0 Å². The van der Waals surface area contributed by atoms with Gasteiger partial charge in [-0.1, -0.05) is 19.3 Å². The lowest BCUT2D eigenvalue weighted by Crippen LogP contribution is -2.48. The molecule has 1 aliphatic carbocycles. The van der Waals surface area contributed by atoms with Crippen LogP contribution in [-0.4, -0.2) is 46.8 Å². The van der Waals surface area contributed by atoms with Crippen molar-refractivity contribution in [2.75, 3.05) is 0 Å². The van der Waals surface area contributed by atoms with Crippen molar-refractivity contribution in [2.24, 2.45) is 0 Å². The summed E-state index contributed by atoms with van der Waals surface area (Å²) in [6, 6.07) is 6.14. The molecular formula is C22H28ClN3O3. The first kappa shape index (κ1) is 20.4. The van der Waals surface area contributed by atoms with Crippen LogP contribution in [0.2, 0.25) is 0 Å². The topological polar surface area (TPSA) is 78.5 Å². The number of imide groups is 1. The molecule has 1 aromatic carbocycles. The fourth-order valence-electron chi connectivity index (χ4n) is 5.52. The van der Waals surface area contributed by atoms with Gasteiger partial charge in [-0.3, -0.25) is 19.3 Å². The first-order valence-corrected chi connectivity index (χ1v) is 10.7. The zero-order valence-corrected chi connectivity index (χ0v) is 17.3. The minimum Gasteiger partial charge on any atom is -0.349 e. The average molecular weight is 418 g/mol. The van der Waals surface area contributed by atoms with Crippen molar-refractivity contribution in [1.82, 2.24) is 15.5 Å². The molecule has 2 unspecified atom stereocenters. The number of hydrogen-bond donors (Lipinski definition) is 2. The van der Waals surface area contributed by atoms with E-state index in [1.54, 1.807) is 18.2 Å². The van der Waals surface area contributed by atoms with Crippen molar-refractivity contribution < 1.29 is 14.4 Å². The van der Waals surface area contributed by atoms with E-state index in [9.17, 15) is 14.4 Å². The third kappa shape index (κ3) is 3.68. The summed E-state index contributed by atoms with van der Waals surface area (Å²) in [6.45, 7) is 0. The van der Waals surface area contributed by atoms with Crippen LogP contribution in [0.15, 0.2) is 18.2 Å². The minimum atomic E-state index is -0.235. The quantitative estimate of drug-likeness (QED) is 0.741. The van der Waals surface area contributed by atoms with E-state index in [0.717, 1.165) is 38.5 Å². The van der Waals surface area contributed by atoms with Gasteiger partial charge in [0.2, 0.25) is 0 Å². The Balaban J connectivity index is 0.00000205. The molecule has 6 nitrogen and oxygen atoms in total. The van der Waals surface area contributed by atoms with Gasteiger partial charge in [0.25, 0.3) is 17.7 Å². The highest BCUT2D eigenvalue weighted by atomic mass is 35.5. The summed E-state index contributed by atoms with van der Waals surface area (Å²) < 4.78 is 0. The third-order valence-electron chi connectivity index (χ3n) is 6.93. The van der Waals surface area contributed by atoms with Crippen molar-refractivity contribution in [3.05, 3.63) is 34.9 Å². The largest absolute Gasteiger partial charge is 0.349 e. The number of carbonyl (C=O) groups excluding carboxylic acids is 3. The first-order chi connectivity index (χ1) is 13.6. The Morgan fingerprint density at radius 2 is 1.59 bits per heavy atom. The van der Waals surface area contributed by atoms with E-state index >= 15 is 0 Å². The summed E-state index contributed by atoms with van der Waals surface area (Å²) in [7, 11) is 0. The molecule has 0 radical (unpaired) electrons. The Bertz CT molecular complexity index is 825. The monoisotopic (exact) mass is 417 g/mol. The normalized spacial score (nSPS) is 28.8. The predicted octanol–water partition coefficient (Wildman–Crippen LogP) is 3.05. The molecule has 3 aliphatic heterocycles. The molecular weight excluding hydrogens is 390 g/mol. The van der Waals surface area contributed by atoms with Crippen molar-refractivity contribution in [1.29, 1.82) is 0 Å². The Hall–Kier alpha value is -1.92. The van der Waals surface area contributed by atoms with Crippen molar-refractivity contribution in [2.45, 2.75) is 82.0 Å². The third-order valence-corrected chi connectivity index (χ3v) is 6.93. The van der Waals surface area contributed by atoms with Gasteiger partial charge < -0.3 is 10.6 Å². The van der Waals surface area contributed by atoms with Crippen LogP contribution in [0.25, 0.3) is 0 Å². The molecule has 7 heteroatoms. The highest BCUT2D eigenvalue weighted by Crippen LogP contribution is 2.32. The molecule has 2 atom stereocenters. The lowest BCUT2D eigenvalue weighted by molar-refractivity contribution is 0.0548. The lowest BCUT2D eigenvalue weighted by atomic mass is 9.94. The van der Waals surface area contributed by atoms with E-state index in [1.807, 2.05) is 0 Å². The molecule has 29 heavy (non-hydrogen) atoms. The minimum absolute atomic E-state index is 0. The number of piperidine rings is 1. The van der Waals surface area contributed by atoms with Crippen molar-refractivity contribution in [3.63, 3.8) is 0 Å². The summed E-state index contributed by atoms with van der Waals surface area (Å²) in [5.41, 5.74) is 1.29. The number of nitrogens with zero attached hydrogens (tertiary/aromatic N) is 1. The van der Waals surface area contributed by atoms with Gasteiger partial charge in [-0.2, -0.15) is 0 Å². The molecule has 2 saturated heterocycles. The summed E-state index contributed by atoms with van der Waals surface area (Å²) >= 11 is 0. The van der Waals surface area contributed by atoms with Crippen LogP contribution < -0.4 is 10.6 Å². The Morgan fingerprint density at radius 1 is 0.931 bits per heavy atom.